The first-order valence-corrected chi connectivity index (χ1v) is 9.96. The monoisotopic (exact) mass is 418 g/mol. The minimum Gasteiger partial charge on any atom is -0.482 e. The van der Waals surface area contributed by atoms with Gasteiger partial charge in [-0.05, 0) is 60.4 Å². The summed E-state index contributed by atoms with van der Waals surface area (Å²) in [5, 5.41) is 7.02. The van der Waals surface area contributed by atoms with Gasteiger partial charge in [-0.15, -0.1) is 0 Å². The molecule has 0 bridgehead atoms. The number of amides is 3. The largest absolute Gasteiger partial charge is 0.482 e. The van der Waals surface area contributed by atoms with Crippen molar-refractivity contribution in [2.24, 2.45) is 0 Å². The minimum atomic E-state index is -0.914. The predicted octanol–water partition coefficient (Wildman–Crippen LogP) is 3.35. The molecule has 1 fully saturated rings. The molecule has 31 heavy (non-hydrogen) atoms. The van der Waals surface area contributed by atoms with E-state index in [1.54, 1.807) is 19.1 Å². The van der Waals surface area contributed by atoms with Crippen LogP contribution in [0.15, 0.2) is 66.7 Å². The second-order valence-electron chi connectivity index (χ2n) is 7.66. The smallest absolute Gasteiger partial charge is 0.349 e. The third-order valence-corrected chi connectivity index (χ3v) is 5.26. The van der Waals surface area contributed by atoms with Crippen molar-refractivity contribution in [1.29, 1.82) is 0 Å². The molecule has 158 valence electrons. The number of hydrogen-bond acceptors (Lipinski definition) is 5. The Labute approximate surface area is 179 Å². The van der Waals surface area contributed by atoms with Crippen molar-refractivity contribution in [3.63, 3.8) is 0 Å². The number of rotatable bonds is 7. The van der Waals surface area contributed by atoms with E-state index in [2.05, 4.69) is 10.6 Å². The molecular formula is C24H22N2O5. The van der Waals surface area contributed by atoms with Crippen LogP contribution in [0.2, 0.25) is 0 Å². The Kier molecular flexibility index (Phi) is 5.58. The van der Waals surface area contributed by atoms with Gasteiger partial charge in [-0.1, -0.05) is 42.5 Å². The highest BCUT2D eigenvalue weighted by Gasteiger charge is 2.41. The number of carbonyl (C=O) groups excluding carboxylic acids is 3. The van der Waals surface area contributed by atoms with Gasteiger partial charge in [0.25, 0.3) is 5.91 Å². The van der Waals surface area contributed by atoms with Crippen LogP contribution in [0.25, 0.3) is 10.8 Å². The number of urea groups is 1. The first-order valence-electron chi connectivity index (χ1n) is 9.96. The number of ether oxygens (including phenoxy) is 2. The molecular weight excluding hydrogens is 396 g/mol. The van der Waals surface area contributed by atoms with Crippen molar-refractivity contribution in [3.8, 4) is 11.5 Å². The van der Waals surface area contributed by atoms with Crippen molar-refractivity contribution < 1.29 is 23.9 Å². The van der Waals surface area contributed by atoms with Gasteiger partial charge in [0.2, 0.25) is 0 Å². The fourth-order valence-electron chi connectivity index (χ4n) is 3.43. The Morgan fingerprint density at radius 1 is 0.935 bits per heavy atom. The summed E-state index contributed by atoms with van der Waals surface area (Å²) in [4.78, 5) is 35.3. The summed E-state index contributed by atoms with van der Waals surface area (Å²) >= 11 is 0. The predicted molar refractivity (Wildman–Crippen MR) is 115 cm³/mol. The van der Waals surface area contributed by atoms with Crippen LogP contribution in [0.5, 0.6) is 11.5 Å². The van der Waals surface area contributed by atoms with Gasteiger partial charge < -0.3 is 14.8 Å². The molecule has 1 aliphatic rings. The van der Waals surface area contributed by atoms with Gasteiger partial charge in [0.05, 0.1) is 0 Å². The molecule has 0 radical (unpaired) electrons. The van der Waals surface area contributed by atoms with Gasteiger partial charge in [-0.25, -0.2) is 9.59 Å². The summed E-state index contributed by atoms with van der Waals surface area (Å²) in [7, 11) is 0. The third-order valence-electron chi connectivity index (χ3n) is 5.26. The Morgan fingerprint density at radius 3 is 2.35 bits per heavy atom. The second kappa shape index (κ2) is 8.47. The van der Waals surface area contributed by atoms with Crippen molar-refractivity contribution in [2.45, 2.75) is 25.3 Å². The zero-order chi connectivity index (χ0) is 21.8. The number of benzene rings is 3. The van der Waals surface area contributed by atoms with E-state index in [9.17, 15) is 14.4 Å². The highest BCUT2D eigenvalue weighted by Crippen LogP contribution is 2.22. The number of fused-ring (bicyclic) bond motifs is 1. The van der Waals surface area contributed by atoms with E-state index in [4.69, 9.17) is 9.47 Å². The molecule has 3 aromatic carbocycles. The van der Waals surface area contributed by atoms with Gasteiger partial charge >= 0.3 is 12.0 Å². The minimum absolute atomic E-state index is 0.201. The van der Waals surface area contributed by atoms with Gasteiger partial charge in [-0.2, -0.15) is 0 Å². The fraction of sp³-hybridized carbons (Fsp3) is 0.208. The van der Waals surface area contributed by atoms with Gasteiger partial charge in [0, 0.05) is 0 Å². The van der Waals surface area contributed by atoms with Crippen LogP contribution < -0.4 is 20.1 Å². The first-order chi connectivity index (χ1) is 14.9. The first kappa shape index (κ1) is 20.4. The van der Waals surface area contributed by atoms with Crippen LogP contribution >= 0.6 is 0 Å². The Bertz CT molecular complexity index is 1140. The fourth-order valence-corrected chi connectivity index (χ4v) is 3.43. The number of aryl methyl sites for hydroxylation is 1. The van der Waals surface area contributed by atoms with E-state index in [1.165, 1.54) is 0 Å². The molecule has 0 aliphatic carbocycles. The molecule has 0 unspecified atom stereocenters. The molecule has 0 aromatic heterocycles. The Balaban J connectivity index is 1.27. The number of nitrogens with one attached hydrogen (secondary N) is 2. The van der Waals surface area contributed by atoms with E-state index in [1.807, 2.05) is 54.6 Å². The Morgan fingerprint density at radius 2 is 1.65 bits per heavy atom. The molecule has 1 aliphatic heterocycles. The van der Waals surface area contributed by atoms with Crippen LogP contribution in [-0.2, 0) is 16.0 Å². The normalized spacial score (nSPS) is 17.8. The van der Waals surface area contributed by atoms with E-state index in [0.29, 0.717) is 24.3 Å². The van der Waals surface area contributed by atoms with Crippen LogP contribution in [0.3, 0.4) is 0 Å². The SMILES string of the molecule is C[C@@]1(CCc2ccc(OC(=O)COc3ccc4ccccc4c3)cc2)NC(=O)NC1=O. The molecule has 0 spiro atoms. The Hall–Kier alpha value is -3.87. The van der Waals surface area contributed by atoms with Crippen LogP contribution in [0, 0.1) is 0 Å². The molecule has 1 heterocycles. The maximum atomic E-state index is 12.1. The van der Waals surface area contributed by atoms with Crippen molar-refractivity contribution in [2.75, 3.05) is 6.61 Å². The average molecular weight is 418 g/mol. The summed E-state index contributed by atoms with van der Waals surface area (Å²) in [5.74, 6) is 0.185. The summed E-state index contributed by atoms with van der Waals surface area (Å²) in [6.07, 6.45) is 1.05. The maximum absolute atomic E-state index is 12.1. The van der Waals surface area contributed by atoms with Gasteiger partial charge in [-0.3, -0.25) is 10.1 Å². The lowest BCUT2D eigenvalue weighted by atomic mass is 9.93. The highest BCUT2D eigenvalue weighted by atomic mass is 16.6. The van der Waals surface area contributed by atoms with Gasteiger partial charge in [0.15, 0.2) is 6.61 Å². The molecule has 3 amide bonds. The zero-order valence-electron chi connectivity index (χ0n) is 17.0. The number of imide groups is 1. The topological polar surface area (TPSA) is 93.7 Å². The second-order valence-corrected chi connectivity index (χ2v) is 7.66. The van der Waals surface area contributed by atoms with Crippen molar-refractivity contribution >= 4 is 28.7 Å². The molecule has 4 rings (SSSR count). The summed E-state index contributed by atoms with van der Waals surface area (Å²) in [6, 6.07) is 20.1. The average Bonchev–Trinajstić information content (AvgIpc) is 3.03. The van der Waals surface area contributed by atoms with E-state index >= 15 is 0 Å². The van der Waals surface area contributed by atoms with Gasteiger partial charge in [0.1, 0.15) is 17.0 Å². The van der Waals surface area contributed by atoms with Crippen molar-refractivity contribution in [1.82, 2.24) is 10.6 Å². The third kappa shape index (κ3) is 4.83. The lowest BCUT2D eigenvalue weighted by Gasteiger charge is -2.20. The molecule has 2 N–H and O–H groups in total. The number of esters is 1. The molecule has 7 heteroatoms. The lowest BCUT2D eigenvalue weighted by Crippen LogP contribution is -2.43. The molecule has 0 saturated carbocycles. The summed E-state index contributed by atoms with van der Waals surface area (Å²) < 4.78 is 10.9. The van der Waals surface area contributed by atoms with E-state index in [-0.39, 0.29) is 12.5 Å². The standard InChI is InChI=1S/C24H22N2O5/c1-24(22(28)25-23(29)26-24)13-12-16-6-9-19(10-7-16)31-21(27)15-30-20-11-8-17-4-2-3-5-18(17)14-20/h2-11,14H,12-13,15H2,1H3,(H2,25,26,28,29)/t24-/m0/s1. The molecule has 1 atom stereocenters. The molecule has 3 aromatic rings. The zero-order valence-corrected chi connectivity index (χ0v) is 17.0. The number of hydrogen-bond donors (Lipinski definition) is 2. The quantitative estimate of drug-likeness (QED) is 0.349. The lowest BCUT2D eigenvalue weighted by molar-refractivity contribution is -0.136. The summed E-state index contributed by atoms with van der Waals surface area (Å²) in [5.41, 5.74) is 0.0462. The van der Waals surface area contributed by atoms with E-state index < -0.39 is 17.5 Å². The number of carbonyl (C=O) groups is 3. The maximum Gasteiger partial charge on any atom is 0.349 e. The van der Waals surface area contributed by atoms with Crippen molar-refractivity contribution in [3.05, 3.63) is 72.3 Å². The van der Waals surface area contributed by atoms with Crippen LogP contribution in [0.4, 0.5) is 4.79 Å². The molecule has 7 nitrogen and oxygen atoms in total. The highest BCUT2D eigenvalue weighted by molar-refractivity contribution is 6.06. The van der Waals surface area contributed by atoms with Crippen LogP contribution in [0.1, 0.15) is 18.9 Å². The summed E-state index contributed by atoms with van der Waals surface area (Å²) in [6.45, 7) is 1.49. The van der Waals surface area contributed by atoms with Crippen LogP contribution in [-0.4, -0.2) is 30.1 Å². The van der Waals surface area contributed by atoms with E-state index in [0.717, 1.165) is 16.3 Å². The molecule has 1 saturated heterocycles.